The Morgan fingerprint density at radius 1 is 0.981 bits per heavy atom. The molecule has 2 aliphatic heterocycles. The summed E-state index contributed by atoms with van der Waals surface area (Å²) in [7, 11) is 2.62. The summed E-state index contributed by atoms with van der Waals surface area (Å²) >= 11 is 2.59. The summed E-state index contributed by atoms with van der Waals surface area (Å²) in [6, 6.07) is 2.76. The molecule has 3 rings (SSSR count). The zero-order valence-electron chi connectivity index (χ0n) is 29.0. The van der Waals surface area contributed by atoms with Gasteiger partial charge < -0.3 is 65.7 Å². The van der Waals surface area contributed by atoms with Gasteiger partial charge in [0.15, 0.2) is 18.0 Å². The van der Waals surface area contributed by atoms with E-state index >= 15 is 0 Å². The third-order valence-electron chi connectivity index (χ3n) is 7.72. The lowest BCUT2D eigenvalue weighted by Crippen LogP contribution is -2.54. The molecular formula is C31H44N6O14S2. The molecule has 22 heteroatoms. The number of urea groups is 1. The van der Waals surface area contributed by atoms with Gasteiger partial charge in [0.05, 0.1) is 52.7 Å². The maximum absolute atomic E-state index is 12.4. The average Bonchev–Trinajstić information content (AvgIpc) is 3.70. The average molecular weight is 789 g/mol. The molecule has 1 unspecified atom stereocenters. The van der Waals surface area contributed by atoms with Crippen LogP contribution in [-0.2, 0) is 33.5 Å². The van der Waals surface area contributed by atoms with Gasteiger partial charge in [0, 0.05) is 42.6 Å². The van der Waals surface area contributed by atoms with E-state index in [4.69, 9.17) is 34.0 Å². The molecule has 0 aliphatic carbocycles. The van der Waals surface area contributed by atoms with Gasteiger partial charge in [-0.15, -0.1) is 0 Å². The summed E-state index contributed by atoms with van der Waals surface area (Å²) in [5.74, 6) is -3.35. The standard InChI is InChI=1S/C31H44N6O14S2/c1-46-19-13-17(14-20(47-2)26(19)53-16-32)50-51-29(30(43)44)37-28(42)25(40)24(39)27(41)34-8-10-49-12-11-48-9-7-33-22(38)6-4-3-5-21-23-18(15-52-21)35-31(45)36-23/h13-14,18,21,23-25,29,39-40H,3-12,15H2,1-2H3,(H,33,38)(H,34,41)(H,37,42)(H,43,44)(H2,35,36,45)/t18-,21-,23-,24+,25+,29?/m0/s1. The number of carbonyl (C=O) groups is 5. The van der Waals surface area contributed by atoms with E-state index < -0.39 is 36.2 Å². The summed E-state index contributed by atoms with van der Waals surface area (Å²) in [6.07, 6.45) is -3.85. The zero-order chi connectivity index (χ0) is 38.8. The lowest BCUT2D eigenvalue weighted by Gasteiger charge is -2.20. The Kier molecular flexibility index (Phi) is 18.5. The second-order valence-electron chi connectivity index (χ2n) is 11.4. The number of benzene rings is 1. The van der Waals surface area contributed by atoms with Crippen LogP contribution in [0, 0.1) is 10.7 Å². The van der Waals surface area contributed by atoms with Gasteiger partial charge in [-0.25, -0.2) is 9.59 Å². The van der Waals surface area contributed by atoms with Crippen molar-refractivity contribution >= 4 is 53.2 Å². The van der Waals surface area contributed by atoms with Crippen molar-refractivity contribution in [2.24, 2.45) is 0 Å². The number of amides is 5. The van der Waals surface area contributed by atoms with Crippen LogP contribution >= 0.6 is 23.5 Å². The van der Waals surface area contributed by atoms with Crippen molar-refractivity contribution in [1.29, 1.82) is 5.26 Å². The van der Waals surface area contributed by atoms with Crippen molar-refractivity contribution in [2.75, 3.05) is 59.5 Å². The van der Waals surface area contributed by atoms with Gasteiger partial charge >= 0.3 is 12.0 Å². The van der Waals surface area contributed by atoms with E-state index in [2.05, 4.69) is 21.3 Å². The fourth-order valence-corrected chi connectivity index (χ4v) is 7.20. The number of ether oxygens (including phenoxy) is 4. The highest BCUT2D eigenvalue weighted by atomic mass is 32.2. The number of nitrogens with one attached hydrogen (secondary N) is 5. The molecule has 0 aromatic heterocycles. The highest BCUT2D eigenvalue weighted by Gasteiger charge is 2.42. The monoisotopic (exact) mass is 788 g/mol. The number of unbranched alkanes of at least 4 members (excludes halogenated alkanes) is 1. The molecule has 2 aliphatic rings. The van der Waals surface area contributed by atoms with Gasteiger partial charge in [-0.1, -0.05) is 6.42 Å². The molecule has 6 atom stereocenters. The van der Waals surface area contributed by atoms with E-state index in [1.807, 2.05) is 17.2 Å². The number of aliphatic hydroxyl groups excluding tert-OH is 2. The number of carboxylic acid groups (broad SMARTS) is 1. The highest BCUT2D eigenvalue weighted by Crippen LogP contribution is 2.41. The number of aliphatic hydroxyl groups is 2. The maximum atomic E-state index is 12.4. The first-order chi connectivity index (χ1) is 25.5. The number of hydrogen-bond acceptors (Lipinski definition) is 16. The highest BCUT2D eigenvalue weighted by molar-refractivity contribution is 8.04. The number of thiocyanates is 1. The van der Waals surface area contributed by atoms with Crippen LogP contribution in [0.5, 0.6) is 17.2 Å². The van der Waals surface area contributed by atoms with E-state index in [1.165, 1.54) is 26.4 Å². The van der Waals surface area contributed by atoms with Crippen molar-refractivity contribution in [3.05, 3.63) is 12.1 Å². The van der Waals surface area contributed by atoms with Crippen LogP contribution in [0.1, 0.15) is 25.7 Å². The van der Waals surface area contributed by atoms with Gasteiger partial charge in [-0.3, -0.25) is 14.4 Å². The lowest BCUT2D eigenvalue weighted by molar-refractivity contribution is -0.254. The number of methoxy groups -OCH3 is 2. The van der Waals surface area contributed by atoms with Crippen molar-refractivity contribution in [3.63, 3.8) is 0 Å². The molecule has 53 heavy (non-hydrogen) atoms. The topological polar surface area (TPSA) is 285 Å². The molecule has 0 radical (unpaired) electrons. The number of rotatable bonds is 25. The number of hydrogen-bond donors (Lipinski definition) is 8. The Morgan fingerprint density at radius 3 is 2.25 bits per heavy atom. The molecule has 1 aromatic rings. The Labute approximate surface area is 313 Å². The van der Waals surface area contributed by atoms with Gasteiger partial charge in [-0.05, 0) is 24.6 Å². The van der Waals surface area contributed by atoms with E-state index in [0.717, 1.165) is 36.8 Å². The third kappa shape index (κ3) is 13.9. The second kappa shape index (κ2) is 22.7. The number of fused-ring (bicyclic) bond motifs is 1. The summed E-state index contributed by atoms with van der Waals surface area (Å²) in [5, 5.41) is 53.6. The summed E-state index contributed by atoms with van der Waals surface area (Å²) < 4.78 is 21.1. The molecule has 2 saturated heterocycles. The van der Waals surface area contributed by atoms with Crippen LogP contribution in [0.4, 0.5) is 4.79 Å². The smallest absolute Gasteiger partial charge is 0.358 e. The Hall–Kier alpha value is -4.24. The number of carboxylic acids is 1. The van der Waals surface area contributed by atoms with Crippen molar-refractivity contribution in [2.45, 2.75) is 66.3 Å². The SMILES string of the molecule is COc1cc(OOC(NC(=O)[C@H](O)[C@@H](O)C(=O)NCCOCCOCCNC(=O)CCCC[C@@H]2SC[C@@H]3NC(=O)N[C@@H]32)C(=O)O)cc(OC)c1SC#N. The first-order valence-electron chi connectivity index (χ1n) is 16.4. The fourth-order valence-electron chi connectivity index (χ4n) is 5.08. The first-order valence-corrected chi connectivity index (χ1v) is 18.3. The normalized spacial score (nSPS) is 19.0. The summed E-state index contributed by atoms with van der Waals surface area (Å²) in [6.45, 7) is 0.876. The first kappa shape index (κ1) is 43.2. The van der Waals surface area contributed by atoms with Crippen LogP contribution in [0.15, 0.2) is 17.0 Å². The molecule has 0 saturated carbocycles. The number of carbonyl (C=O) groups excluding carboxylic acids is 4. The zero-order valence-corrected chi connectivity index (χ0v) is 30.6. The number of nitriles is 1. The van der Waals surface area contributed by atoms with Gasteiger partial charge in [0.2, 0.25) is 5.91 Å². The molecule has 0 bridgehead atoms. The molecule has 1 aromatic carbocycles. The van der Waals surface area contributed by atoms with E-state index in [-0.39, 0.29) is 74.2 Å². The van der Waals surface area contributed by atoms with Gasteiger partial charge in [-0.2, -0.15) is 21.9 Å². The van der Waals surface area contributed by atoms with Crippen LogP contribution < -0.4 is 40.9 Å². The molecular weight excluding hydrogens is 745 g/mol. The molecule has 294 valence electrons. The van der Waals surface area contributed by atoms with Crippen LogP contribution in [0.25, 0.3) is 0 Å². The Bertz CT molecular complexity index is 1430. The number of aliphatic carboxylic acids is 1. The van der Waals surface area contributed by atoms with Gasteiger partial charge in [0.25, 0.3) is 18.0 Å². The number of thioether (sulfide) groups is 2. The molecule has 2 fully saturated rings. The van der Waals surface area contributed by atoms with Crippen molar-refractivity contribution in [3.8, 4) is 22.6 Å². The Balaban J connectivity index is 1.22. The molecule has 20 nitrogen and oxygen atoms in total. The van der Waals surface area contributed by atoms with E-state index in [0.29, 0.717) is 23.1 Å². The summed E-state index contributed by atoms with van der Waals surface area (Å²) in [5.41, 5.74) is 0. The maximum Gasteiger partial charge on any atom is 0.358 e. The molecule has 5 amide bonds. The van der Waals surface area contributed by atoms with E-state index in [1.54, 1.807) is 5.32 Å². The van der Waals surface area contributed by atoms with Crippen LogP contribution in [0.2, 0.25) is 0 Å². The largest absolute Gasteiger partial charge is 0.495 e. The predicted molar refractivity (Wildman–Crippen MR) is 186 cm³/mol. The minimum absolute atomic E-state index is 0.00249. The minimum Gasteiger partial charge on any atom is -0.495 e. The number of nitrogens with zero attached hydrogens (tertiary/aromatic N) is 1. The quantitative estimate of drug-likeness (QED) is 0.0110. The molecule has 8 N–H and O–H groups in total. The third-order valence-corrected chi connectivity index (χ3v) is 9.93. The second-order valence-corrected chi connectivity index (χ2v) is 13.4. The molecule has 2 heterocycles. The predicted octanol–water partition coefficient (Wildman–Crippen LogP) is -1.17. The van der Waals surface area contributed by atoms with Gasteiger partial charge in [0.1, 0.15) is 21.8 Å². The molecule has 0 spiro atoms. The summed E-state index contributed by atoms with van der Waals surface area (Å²) in [4.78, 5) is 69.8. The lowest BCUT2D eigenvalue weighted by atomic mass is 10.0. The minimum atomic E-state index is -2.38. The van der Waals surface area contributed by atoms with Crippen LogP contribution in [-0.4, -0.2) is 140 Å². The fraction of sp³-hybridized carbons (Fsp3) is 0.613. The van der Waals surface area contributed by atoms with E-state index in [9.17, 15) is 39.3 Å². The van der Waals surface area contributed by atoms with Crippen molar-refractivity contribution < 1.29 is 68.0 Å². The van der Waals surface area contributed by atoms with Crippen LogP contribution in [0.3, 0.4) is 0 Å². The Morgan fingerprint density at radius 2 is 1.62 bits per heavy atom. The van der Waals surface area contributed by atoms with Crippen molar-refractivity contribution in [1.82, 2.24) is 26.6 Å².